The molecule has 1 aromatic rings. The molecule has 6 heteroatoms. The molecule has 0 unspecified atom stereocenters. The summed E-state index contributed by atoms with van der Waals surface area (Å²) in [7, 11) is 3.49. The summed E-state index contributed by atoms with van der Waals surface area (Å²) in [4.78, 5) is 21.3. The van der Waals surface area contributed by atoms with Crippen LogP contribution in [0.1, 0.15) is 36.2 Å². The Morgan fingerprint density at radius 2 is 2.35 bits per heavy atom. The summed E-state index contributed by atoms with van der Waals surface area (Å²) in [6.07, 6.45) is 6.98. The summed E-state index contributed by atoms with van der Waals surface area (Å²) in [5.41, 5.74) is 0.335. The van der Waals surface area contributed by atoms with Crippen molar-refractivity contribution in [2.75, 3.05) is 20.8 Å². The van der Waals surface area contributed by atoms with Crippen LogP contribution in [-0.4, -0.2) is 59.3 Å². The molecule has 1 aromatic heterocycles. The minimum absolute atomic E-state index is 0.00294. The van der Waals surface area contributed by atoms with Gasteiger partial charge in [-0.05, 0) is 25.7 Å². The first-order valence-electron chi connectivity index (χ1n) is 7.07. The van der Waals surface area contributed by atoms with E-state index in [-0.39, 0.29) is 23.7 Å². The lowest BCUT2D eigenvalue weighted by Crippen LogP contribution is -2.53. The molecule has 0 aromatic carbocycles. The lowest BCUT2D eigenvalue weighted by molar-refractivity contribution is -0.0894. The van der Waals surface area contributed by atoms with Crippen LogP contribution in [0.3, 0.4) is 0 Å². The van der Waals surface area contributed by atoms with Crippen molar-refractivity contribution < 1.29 is 14.3 Å². The highest BCUT2D eigenvalue weighted by Crippen LogP contribution is 2.43. The van der Waals surface area contributed by atoms with Gasteiger partial charge in [-0.1, -0.05) is 0 Å². The van der Waals surface area contributed by atoms with Crippen LogP contribution < -0.4 is 0 Å². The Hall–Kier alpha value is -1.40. The quantitative estimate of drug-likeness (QED) is 0.903. The zero-order chi connectivity index (χ0) is 14.2. The van der Waals surface area contributed by atoms with Crippen LogP contribution in [0, 0.1) is 0 Å². The van der Waals surface area contributed by atoms with Crippen molar-refractivity contribution in [3.8, 4) is 0 Å². The topological polar surface area (TPSA) is 67.5 Å². The smallest absolute Gasteiger partial charge is 0.272 e. The second-order valence-electron chi connectivity index (χ2n) is 5.63. The van der Waals surface area contributed by atoms with Crippen LogP contribution in [-0.2, 0) is 9.47 Å². The third-order valence-corrected chi connectivity index (χ3v) is 4.86. The molecule has 110 valence electrons. The van der Waals surface area contributed by atoms with Gasteiger partial charge in [-0.2, -0.15) is 0 Å². The number of aromatic nitrogens is 2. The van der Waals surface area contributed by atoms with E-state index < -0.39 is 0 Å². The molecule has 2 aliphatic rings. The molecular weight excluding hydrogens is 258 g/mol. The molecule has 0 radical (unpaired) electrons. The molecule has 3 rings (SSSR count). The van der Waals surface area contributed by atoms with Crippen molar-refractivity contribution in [1.82, 2.24) is 14.9 Å². The monoisotopic (exact) mass is 279 g/mol. The molecule has 1 saturated carbocycles. The van der Waals surface area contributed by atoms with Gasteiger partial charge in [-0.25, -0.2) is 4.98 Å². The minimum atomic E-state index is -0.204. The van der Waals surface area contributed by atoms with Gasteiger partial charge in [0.25, 0.3) is 5.91 Å². The molecular formula is C14H21N3O3. The third-order valence-electron chi connectivity index (χ3n) is 4.86. The molecule has 1 aliphatic heterocycles. The van der Waals surface area contributed by atoms with Crippen LogP contribution in [0.25, 0.3) is 0 Å². The van der Waals surface area contributed by atoms with Crippen molar-refractivity contribution in [3.63, 3.8) is 0 Å². The summed E-state index contributed by atoms with van der Waals surface area (Å²) in [6, 6.07) is 0.0852. The Balaban J connectivity index is 1.84. The molecule has 2 fully saturated rings. The van der Waals surface area contributed by atoms with E-state index in [1.165, 1.54) is 6.33 Å². The van der Waals surface area contributed by atoms with E-state index in [1.807, 2.05) is 4.90 Å². The fourth-order valence-electron chi connectivity index (χ4n) is 3.65. The van der Waals surface area contributed by atoms with Gasteiger partial charge in [0, 0.05) is 20.8 Å². The number of nitrogens with one attached hydrogen (secondary N) is 1. The largest absolute Gasteiger partial charge is 0.381 e. The normalized spacial score (nSPS) is 33.2. The maximum Gasteiger partial charge on any atom is 0.272 e. The number of ether oxygens (including phenoxy) is 2. The van der Waals surface area contributed by atoms with Gasteiger partial charge < -0.3 is 19.4 Å². The Morgan fingerprint density at radius 3 is 3.00 bits per heavy atom. The highest BCUT2D eigenvalue weighted by atomic mass is 16.5. The fraction of sp³-hybridized carbons (Fsp3) is 0.714. The summed E-state index contributed by atoms with van der Waals surface area (Å²) < 4.78 is 11.3. The average molecular weight is 279 g/mol. The molecule has 1 saturated heterocycles. The lowest BCUT2D eigenvalue weighted by Gasteiger charge is -2.43. The summed E-state index contributed by atoms with van der Waals surface area (Å²) in [5.74, 6) is 0.00294. The fourth-order valence-corrected chi connectivity index (χ4v) is 3.65. The number of hydrogen-bond acceptors (Lipinski definition) is 4. The Morgan fingerprint density at radius 1 is 1.50 bits per heavy atom. The van der Waals surface area contributed by atoms with E-state index in [9.17, 15) is 4.79 Å². The molecule has 20 heavy (non-hydrogen) atoms. The van der Waals surface area contributed by atoms with Crippen molar-refractivity contribution in [2.24, 2.45) is 0 Å². The Kier molecular flexibility index (Phi) is 3.52. The molecule has 6 nitrogen and oxygen atoms in total. The van der Waals surface area contributed by atoms with E-state index in [0.29, 0.717) is 5.69 Å². The van der Waals surface area contributed by atoms with Crippen LogP contribution >= 0.6 is 0 Å². The minimum Gasteiger partial charge on any atom is -0.381 e. The first kappa shape index (κ1) is 13.6. The number of fused-ring (bicyclic) bond motifs is 1. The van der Waals surface area contributed by atoms with Crippen LogP contribution in [0.4, 0.5) is 0 Å². The van der Waals surface area contributed by atoms with Crippen molar-refractivity contribution >= 4 is 5.91 Å². The number of nitrogens with zero attached hydrogens (tertiary/aromatic N) is 2. The number of methoxy groups -OCH3 is 2. The van der Waals surface area contributed by atoms with Crippen LogP contribution in [0.2, 0.25) is 0 Å². The molecule has 1 amide bonds. The standard InChI is InChI=1S/C14H21N3O3/c1-19-10-3-4-14(20-2)5-6-17(12(14)7-10)13(18)11-8-15-9-16-11/h8-10,12H,3-7H2,1-2H3,(H,15,16)/t10-,12-,14+/m0/s1. The summed E-state index contributed by atoms with van der Waals surface area (Å²) in [6.45, 7) is 0.729. The zero-order valence-corrected chi connectivity index (χ0v) is 12.0. The van der Waals surface area contributed by atoms with Gasteiger partial charge in [-0.3, -0.25) is 4.79 Å². The Labute approximate surface area is 118 Å². The average Bonchev–Trinajstić information content (AvgIpc) is 3.13. The van der Waals surface area contributed by atoms with Crippen molar-refractivity contribution in [1.29, 1.82) is 0 Å². The molecule has 0 bridgehead atoms. The van der Waals surface area contributed by atoms with E-state index in [4.69, 9.17) is 9.47 Å². The van der Waals surface area contributed by atoms with Gasteiger partial charge in [0.15, 0.2) is 0 Å². The van der Waals surface area contributed by atoms with Gasteiger partial charge in [0.1, 0.15) is 5.69 Å². The molecule has 1 aliphatic carbocycles. The molecule has 3 atom stereocenters. The predicted molar refractivity (Wildman–Crippen MR) is 72.4 cm³/mol. The molecule has 0 spiro atoms. The van der Waals surface area contributed by atoms with Crippen LogP contribution in [0.15, 0.2) is 12.5 Å². The second kappa shape index (κ2) is 5.18. The van der Waals surface area contributed by atoms with Crippen LogP contribution in [0.5, 0.6) is 0 Å². The summed E-state index contributed by atoms with van der Waals surface area (Å²) >= 11 is 0. The van der Waals surface area contributed by atoms with E-state index in [1.54, 1.807) is 20.4 Å². The number of H-pyrrole nitrogens is 1. The van der Waals surface area contributed by atoms with Crippen molar-refractivity contribution in [3.05, 3.63) is 18.2 Å². The lowest BCUT2D eigenvalue weighted by atomic mass is 9.79. The van der Waals surface area contributed by atoms with Gasteiger partial charge >= 0.3 is 0 Å². The number of aromatic amines is 1. The Bertz CT molecular complexity index is 476. The number of imidazole rings is 1. The SMILES string of the molecule is CO[C@H]1CC[C@@]2(OC)CCN(C(=O)c3cnc[nH]3)[C@H]2C1. The molecule has 2 heterocycles. The maximum absolute atomic E-state index is 12.6. The summed E-state index contributed by atoms with van der Waals surface area (Å²) in [5, 5.41) is 0. The zero-order valence-electron chi connectivity index (χ0n) is 12.0. The number of likely N-dealkylation sites (tertiary alicyclic amines) is 1. The maximum atomic E-state index is 12.6. The van der Waals surface area contributed by atoms with E-state index in [0.717, 1.165) is 32.2 Å². The molecule has 1 N–H and O–H groups in total. The van der Waals surface area contributed by atoms with E-state index in [2.05, 4.69) is 9.97 Å². The first-order valence-corrected chi connectivity index (χ1v) is 7.07. The number of carbonyl (C=O) groups excluding carboxylic acids is 1. The van der Waals surface area contributed by atoms with E-state index >= 15 is 0 Å². The highest BCUT2D eigenvalue weighted by Gasteiger charge is 2.52. The third kappa shape index (κ3) is 2.03. The van der Waals surface area contributed by atoms with Gasteiger partial charge in [-0.15, -0.1) is 0 Å². The second-order valence-corrected chi connectivity index (χ2v) is 5.63. The van der Waals surface area contributed by atoms with Gasteiger partial charge in [0.2, 0.25) is 0 Å². The number of hydrogen-bond donors (Lipinski definition) is 1. The number of amides is 1. The predicted octanol–water partition coefficient (Wildman–Crippen LogP) is 1.21. The highest BCUT2D eigenvalue weighted by molar-refractivity contribution is 5.92. The van der Waals surface area contributed by atoms with Gasteiger partial charge in [0.05, 0.1) is 30.3 Å². The number of carbonyl (C=O) groups is 1. The number of rotatable bonds is 3. The first-order chi connectivity index (χ1) is 9.70. The van der Waals surface area contributed by atoms with Crippen molar-refractivity contribution in [2.45, 2.75) is 43.4 Å².